The van der Waals surface area contributed by atoms with Gasteiger partial charge in [-0.05, 0) is 19.1 Å². The Labute approximate surface area is 121 Å². The predicted molar refractivity (Wildman–Crippen MR) is 76.5 cm³/mol. The normalized spacial score (nSPS) is 15.0. The summed E-state index contributed by atoms with van der Waals surface area (Å²) in [6.07, 6.45) is 1.56. The smallest absolute Gasteiger partial charge is 0.258 e. The van der Waals surface area contributed by atoms with E-state index in [1.54, 1.807) is 25.3 Å². The maximum Gasteiger partial charge on any atom is 0.258 e. The fraction of sp³-hybridized carbons (Fsp3) is 0.357. The SMILES string of the molecule is Cc1cc(NC(=O)c2ccc(N3CCOCC3)nc2)no1. The molecule has 0 bridgehead atoms. The predicted octanol–water partition coefficient (Wildman–Crippen LogP) is 1.47. The van der Waals surface area contributed by atoms with Crippen molar-refractivity contribution in [2.24, 2.45) is 0 Å². The van der Waals surface area contributed by atoms with E-state index in [9.17, 15) is 4.79 Å². The van der Waals surface area contributed by atoms with Gasteiger partial charge in [-0.3, -0.25) is 4.79 Å². The largest absolute Gasteiger partial charge is 0.378 e. The molecule has 0 aromatic carbocycles. The first kappa shape index (κ1) is 13.6. The number of anilines is 2. The minimum atomic E-state index is -0.260. The van der Waals surface area contributed by atoms with Gasteiger partial charge in [0.2, 0.25) is 0 Å². The zero-order valence-electron chi connectivity index (χ0n) is 11.7. The summed E-state index contributed by atoms with van der Waals surface area (Å²) in [6.45, 7) is 4.81. The maximum absolute atomic E-state index is 12.0. The van der Waals surface area contributed by atoms with Gasteiger partial charge in [0.05, 0.1) is 18.8 Å². The van der Waals surface area contributed by atoms with Gasteiger partial charge in [0.15, 0.2) is 5.82 Å². The van der Waals surface area contributed by atoms with E-state index < -0.39 is 0 Å². The summed E-state index contributed by atoms with van der Waals surface area (Å²) in [6, 6.07) is 5.25. The van der Waals surface area contributed by atoms with Gasteiger partial charge in [0, 0.05) is 25.4 Å². The molecule has 1 aliphatic rings. The van der Waals surface area contributed by atoms with E-state index in [1.165, 1.54) is 0 Å². The van der Waals surface area contributed by atoms with Gasteiger partial charge < -0.3 is 19.5 Å². The van der Waals surface area contributed by atoms with Crippen LogP contribution in [0.2, 0.25) is 0 Å². The molecule has 7 nitrogen and oxygen atoms in total. The van der Waals surface area contributed by atoms with Gasteiger partial charge in [-0.2, -0.15) is 0 Å². The lowest BCUT2D eigenvalue weighted by Crippen LogP contribution is -2.36. The summed E-state index contributed by atoms with van der Waals surface area (Å²) in [7, 11) is 0. The van der Waals surface area contributed by atoms with E-state index >= 15 is 0 Å². The first-order valence-electron chi connectivity index (χ1n) is 6.76. The molecule has 0 atom stereocenters. The fourth-order valence-electron chi connectivity index (χ4n) is 2.11. The summed E-state index contributed by atoms with van der Waals surface area (Å²) in [5.74, 6) is 1.64. The van der Waals surface area contributed by atoms with Crippen molar-refractivity contribution in [3.8, 4) is 0 Å². The van der Waals surface area contributed by atoms with Crippen molar-refractivity contribution >= 4 is 17.5 Å². The van der Waals surface area contributed by atoms with Crippen LogP contribution in [0.25, 0.3) is 0 Å². The van der Waals surface area contributed by atoms with Gasteiger partial charge >= 0.3 is 0 Å². The molecule has 3 rings (SSSR count). The monoisotopic (exact) mass is 288 g/mol. The Morgan fingerprint density at radius 1 is 1.33 bits per heavy atom. The minimum absolute atomic E-state index is 0.260. The van der Waals surface area contributed by atoms with E-state index in [0.29, 0.717) is 30.4 Å². The number of aryl methyl sites for hydroxylation is 1. The lowest BCUT2D eigenvalue weighted by molar-refractivity contribution is 0.102. The van der Waals surface area contributed by atoms with Crippen LogP contribution in [-0.4, -0.2) is 42.4 Å². The molecule has 0 aliphatic carbocycles. The Morgan fingerprint density at radius 3 is 2.76 bits per heavy atom. The molecule has 0 spiro atoms. The van der Waals surface area contributed by atoms with Crippen LogP contribution in [0.3, 0.4) is 0 Å². The number of carbonyl (C=O) groups is 1. The Morgan fingerprint density at radius 2 is 2.14 bits per heavy atom. The second-order valence-corrected chi connectivity index (χ2v) is 4.78. The lowest BCUT2D eigenvalue weighted by atomic mass is 10.2. The van der Waals surface area contributed by atoms with Crippen LogP contribution in [0.4, 0.5) is 11.6 Å². The molecule has 7 heteroatoms. The summed E-state index contributed by atoms with van der Waals surface area (Å²) < 4.78 is 10.2. The van der Waals surface area contributed by atoms with Crippen molar-refractivity contribution < 1.29 is 14.1 Å². The van der Waals surface area contributed by atoms with Crippen molar-refractivity contribution in [1.82, 2.24) is 10.1 Å². The van der Waals surface area contributed by atoms with Crippen molar-refractivity contribution in [1.29, 1.82) is 0 Å². The second-order valence-electron chi connectivity index (χ2n) is 4.78. The van der Waals surface area contributed by atoms with E-state index in [-0.39, 0.29) is 5.91 Å². The number of hydrogen-bond donors (Lipinski definition) is 1. The number of amides is 1. The number of morpholine rings is 1. The Hall–Kier alpha value is -2.41. The van der Waals surface area contributed by atoms with Crippen LogP contribution in [0, 0.1) is 6.92 Å². The average molecular weight is 288 g/mol. The van der Waals surface area contributed by atoms with E-state index in [0.717, 1.165) is 18.9 Å². The molecule has 2 aromatic rings. The van der Waals surface area contributed by atoms with Crippen molar-refractivity contribution in [2.45, 2.75) is 6.92 Å². The molecule has 1 fully saturated rings. The molecule has 0 radical (unpaired) electrons. The average Bonchev–Trinajstić information content (AvgIpc) is 2.93. The van der Waals surface area contributed by atoms with Gasteiger partial charge in [-0.25, -0.2) is 4.98 Å². The number of pyridine rings is 1. The fourth-order valence-corrected chi connectivity index (χ4v) is 2.11. The van der Waals surface area contributed by atoms with Crippen LogP contribution in [0.5, 0.6) is 0 Å². The standard InChI is InChI=1S/C14H16N4O3/c1-10-8-12(17-21-10)16-14(19)11-2-3-13(15-9-11)18-4-6-20-7-5-18/h2-3,8-9H,4-7H2,1H3,(H,16,17,19). The first-order valence-corrected chi connectivity index (χ1v) is 6.76. The molecule has 1 N–H and O–H groups in total. The Bertz CT molecular complexity index is 617. The second kappa shape index (κ2) is 5.92. The molecule has 21 heavy (non-hydrogen) atoms. The van der Waals surface area contributed by atoms with Crippen molar-refractivity contribution in [3.05, 3.63) is 35.7 Å². The summed E-state index contributed by atoms with van der Waals surface area (Å²) in [5.41, 5.74) is 0.479. The zero-order chi connectivity index (χ0) is 14.7. The summed E-state index contributed by atoms with van der Waals surface area (Å²) in [5, 5.41) is 6.38. The maximum atomic E-state index is 12.0. The highest BCUT2D eigenvalue weighted by atomic mass is 16.5. The third kappa shape index (κ3) is 3.19. The number of nitrogens with one attached hydrogen (secondary N) is 1. The summed E-state index contributed by atoms with van der Waals surface area (Å²) >= 11 is 0. The zero-order valence-corrected chi connectivity index (χ0v) is 11.7. The minimum Gasteiger partial charge on any atom is -0.378 e. The molecule has 1 aliphatic heterocycles. The third-order valence-electron chi connectivity index (χ3n) is 3.21. The number of nitrogens with zero attached hydrogens (tertiary/aromatic N) is 3. The van der Waals surface area contributed by atoms with E-state index in [2.05, 4.69) is 20.4 Å². The molecule has 0 saturated carbocycles. The number of aromatic nitrogens is 2. The van der Waals surface area contributed by atoms with Crippen LogP contribution in [-0.2, 0) is 4.74 Å². The molecule has 3 heterocycles. The molecule has 2 aromatic heterocycles. The Balaban J connectivity index is 1.67. The van der Waals surface area contributed by atoms with Crippen LogP contribution < -0.4 is 10.2 Å². The third-order valence-corrected chi connectivity index (χ3v) is 3.21. The topological polar surface area (TPSA) is 80.5 Å². The summed E-state index contributed by atoms with van der Waals surface area (Å²) in [4.78, 5) is 18.5. The van der Waals surface area contributed by atoms with Crippen molar-refractivity contribution in [2.75, 3.05) is 36.5 Å². The van der Waals surface area contributed by atoms with Crippen molar-refractivity contribution in [3.63, 3.8) is 0 Å². The molecule has 1 saturated heterocycles. The van der Waals surface area contributed by atoms with E-state index in [1.807, 2.05) is 6.07 Å². The van der Waals surface area contributed by atoms with E-state index in [4.69, 9.17) is 9.26 Å². The highest BCUT2D eigenvalue weighted by Crippen LogP contribution is 2.14. The molecule has 110 valence electrons. The Kier molecular flexibility index (Phi) is 3.83. The first-order chi connectivity index (χ1) is 10.2. The highest BCUT2D eigenvalue weighted by molar-refractivity contribution is 6.03. The molecule has 1 amide bonds. The van der Waals surface area contributed by atoms with Gasteiger partial charge in [-0.15, -0.1) is 0 Å². The quantitative estimate of drug-likeness (QED) is 0.921. The van der Waals surface area contributed by atoms with Crippen LogP contribution >= 0.6 is 0 Å². The highest BCUT2D eigenvalue weighted by Gasteiger charge is 2.14. The molecule has 0 unspecified atom stereocenters. The number of hydrogen-bond acceptors (Lipinski definition) is 6. The number of ether oxygens (including phenoxy) is 1. The van der Waals surface area contributed by atoms with Gasteiger partial charge in [-0.1, -0.05) is 5.16 Å². The lowest BCUT2D eigenvalue weighted by Gasteiger charge is -2.27. The molecular formula is C14H16N4O3. The van der Waals surface area contributed by atoms with Gasteiger partial charge in [0.1, 0.15) is 11.6 Å². The number of carbonyl (C=O) groups excluding carboxylic acids is 1. The van der Waals surface area contributed by atoms with Gasteiger partial charge in [0.25, 0.3) is 5.91 Å². The van der Waals surface area contributed by atoms with Crippen LogP contribution in [0.15, 0.2) is 28.9 Å². The number of rotatable bonds is 3. The van der Waals surface area contributed by atoms with Crippen LogP contribution in [0.1, 0.15) is 16.1 Å². The molecular weight excluding hydrogens is 272 g/mol.